The smallest absolute Gasteiger partial charge is 0.262 e. The number of hydrogen-bond donors (Lipinski definition) is 0. The molecule has 0 N–H and O–H groups in total. The number of rotatable bonds is 8. The van der Waals surface area contributed by atoms with Crippen molar-refractivity contribution in [2.45, 2.75) is 33.2 Å². The van der Waals surface area contributed by atoms with Gasteiger partial charge in [0.05, 0.1) is 30.5 Å². The predicted octanol–water partition coefficient (Wildman–Crippen LogP) is 4.90. The molecule has 3 aromatic carbocycles. The van der Waals surface area contributed by atoms with Crippen LogP contribution in [0, 0.1) is 26.6 Å². The average molecular weight is 557 g/mol. The number of carbonyl (C=O) groups excluding carboxylic acids is 2. The van der Waals surface area contributed by atoms with Crippen molar-refractivity contribution in [2.75, 3.05) is 45.9 Å². The van der Waals surface area contributed by atoms with Gasteiger partial charge < -0.3 is 9.64 Å². The molecule has 1 saturated heterocycles. The molecule has 0 radical (unpaired) electrons. The minimum atomic E-state index is -0.602. The third-order valence-electron chi connectivity index (χ3n) is 7.98. The summed E-state index contributed by atoms with van der Waals surface area (Å²) < 4.78 is 20.1. The van der Waals surface area contributed by atoms with Crippen LogP contribution in [0.25, 0.3) is 0 Å². The van der Waals surface area contributed by atoms with Gasteiger partial charge in [-0.05, 0) is 61.2 Å². The fraction of sp³-hybridized carbons (Fsp3) is 0.364. The van der Waals surface area contributed by atoms with Crippen LogP contribution in [0.2, 0.25) is 0 Å². The number of hydrazone groups is 1. The van der Waals surface area contributed by atoms with Crippen LogP contribution in [0.4, 0.5) is 4.39 Å². The third kappa shape index (κ3) is 6.72. The van der Waals surface area contributed by atoms with E-state index in [0.29, 0.717) is 26.2 Å². The number of carbonyl (C=O) groups is 2. The molecular formula is C33H37FN4O3. The van der Waals surface area contributed by atoms with Crippen LogP contribution in [-0.2, 0) is 9.53 Å². The molecule has 2 aliphatic rings. The van der Waals surface area contributed by atoms with Gasteiger partial charge in [0, 0.05) is 32.6 Å². The van der Waals surface area contributed by atoms with E-state index >= 15 is 0 Å². The highest BCUT2D eigenvalue weighted by molar-refractivity contribution is 6.04. The first-order valence-corrected chi connectivity index (χ1v) is 14.2. The molecule has 1 fully saturated rings. The Balaban J connectivity index is 1.43. The predicted molar refractivity (Wildman–Crippen MR) is 157 cm³/mol. The summed E-state index contributed by atoms with van der Waals surface area (Å²) in [4.78, 5) is 31.2. The highest BCUT2D eigenvalue weighted by Crippen LogP contribution is 2.33. The standard InChI is InChI=1S/C33H37FN4O3/c1-23-8-11-26(12-9-23)31-21-30(27-13-10-24(2)25(3)20-27)35-38(31)32(39)22-37(15-14-36-16-18-41-19-17-36)33(40)28-6-4-5-7-29(28)34/h4-13,20,31H,14-19,21-22H2,1-3H3. The van der Waals surface area contributed by atoms with Crippen molar-refractivity contribution >= 4 is 17.5 Å². The number of halogens is 1. The van der Waals surface area contributed by atoms with Crippen molar-refractivity contribution in [2.24, 2.45) is 5.10 Å². The van der Waals surface area contributed by atoms with Gasteiger partial charge in [-0.3, -0.25) is 14.5 Å². The molecule has 3 aromatic rings. The highest BCUT2D eigenvalue weighted by Gasteiger charge is 2.35. The minimum Gasteiger partial charge on any atom is -0.379 e. The Morgan fingerprint density at radius 1 is 0.976 bits per heavy atom. The van der Waals surface area contributed by atoms with E-state index < -0.39 is 11.7 Å². The van der Waals surface area contributed by atoms with E-state index in [1.807, 2.05) is 37.3 Å². The van der Waals surface area contributed by atoms with Crippen LogP contribution in [-0.4, -0.2) is 78.3 Å². The van der Waals surface area contributed by atoms with Crippen LogP contribution >= 0.6 is 0 Å². The average Bonchev–Trinajstić information content (AvgIpc) is 3.43. The first kappa shape index (κ1) is 28.6. The van der Waals surface area contributed by atoms with Crippen molar-refractivity contribution in [3.63, 3.8) is 0 Å². The molecular weight excluding hydrogens is 519 g/mol. The lowest BCUT2D eigenvalue weighted by Gasteiger charge is -2.31. The molecule has 0 spiro atoms. The Kier molecular flexibility index (Phi) is 8.90. The number of aryl methyl sites for hydroxylation is 3. The molecule has 0 bridgehead atoms. The van der Waals surface area contributed by atoms with Crippen LogP contribution in [0.5, 0.6) is 0 Å². The molecule has 2 amide bonds. The van der Waals surface area contributed by atoms with Gasteiger partial charge in [0.15, 0.2) is 0 Å². The van der Waals surface area contributed by atoms with Crippen LogP contribution < -0.4 is 0 Å². The minimum absolute atomic E-state index is 0.0434. The van der Waals surface area contributed by atoms with Crippen molar-refractivity contribution in [3.8, 4) is 0 Å². The molecule has 1 unspecified atom stereocenters. The number of amides is 2. The van der Waals surface area contributed by atoms with Crippen molar-refractivity contribution in [3.05, 3.63) is 106 Å². The second-order valence-electron chi connectivity index (χ2n) is 10.9. The maximum Gasteiger partial charge on any atom is 0.262 e. The molecule has 5 rings (SSSR count). The molecule has 0 aromatic heterocycles. The number of morpholine rings is 1. The van der Waals surface area contributed by atoms with Gasteiger partial charge >= 0.3 is 0 Å². The molecule has 7 nitrogen and oxygen atoms in total. The molecule has 214 valence electrons. The highest BCUT2D eigenvalue weighted by atomic mass is 19.1. The van der Waals surface area contributed by atoms with Gasteiger partial charge in [-0.25, -0.2) is 9.40 Å². The van der Waals surface area contributed by atoms with E-state index in [4.69, 9.17) is 9.84 Å². The van der Waals surface area contributed by atoms with E-state index in [9.17, 15) is 14.0 Å². The lowest BCUT2D eigenvalue weighted by molar-refractivity contribution is -0.133. The van der Waals surface area contributed by atoms with E-state index in [2.05, 4.69) is 30.9 Å². The van der Waals surface area contributed by atoms with E-state index in [-0.39, 0.29) is 30.6 Å². The summed E-state index contributed by atoms with van der Waals surface area (Å²) in [5.41, 5.74) is 6.22. The topological polar surface area (TPSA) is 65.5 Å². The number of benzene rings is 3. The van der Waals surface area contributed by atoms with Crippen molar-refractivity contribution in [1.82, 2.24) is 14.8 Å². The Hall–Kier alpha value is -3.88. The largest absolute Gasteiger partial charge is 0.379 e. The normalized spacial score (nSPS) is 17.4. The summed E-state index contributed by atoms with van der Waals surface area (Å²) in [7, 11) is 0. The Morgan fingerprint density at radius 2 is 1.71 bits per heavy atom. The molecule has 0 aliphatic carbocycles. The first-order valence-electron chi connectivity index (χ1n) is 14.2. The van der Waals surface area contributed by atoms with Gasteiger partial charge in [0.2, 0.25) is 0 Å². The maximum atomic E-state index is 14.7. The molecule has 1 atom stereocenters. The zero-order valence-electron chi connectivity index (χ0n) is 24.0. The molecule has 2 heterocycles. The maximum absolute atomic E-state index is 14.7. The van der Waals surface area contributed by atoms with E-state index in [1.54, 1.807) is 12.1 Å². The summed E-state index contributed by atoms with van der Waals surface area (Å²) in [6.07, 6.45) is 0.562. The molecule has 0 saturated carbocycles. The lowest BCUT2D eigenvalue weighted by atomic mass is 9.96. The zero-order chi connectivity index (χ0) is 28.9. The van der Waals surface area contributed by atoms with Crippen molar-refractivity contribution < 1.29 is 18.7 Å². The summed E-state index contributed by atoms with van der Waals surface area (Å²) in [5.74, 6) is -1.41. The number of nitrogens with zero attached hydrogens (tertiary/aromatic N) is 4. The fourth-order valence-electron chi connectivity index (χ4n) is 5.26. The fourth-order valence-corrected chi connectivity index (χ4v) is 5.26. The SMILES string of the molecule is Cc1ccc(C2CC(c3ccc(C)c(C)c3)=NN2C(=O)CN(CCN2CCOCC2)C(=O)c2ccccc2F)cc1. The van der Waals surface area contributed by atoms with Gasteiger partial charge in [0.1, 0.15) is 12.4 Å². The van der Waals surface area contributed by atoms with Crippen LogP contribution in [0.1, 0.15) is 50.6 Å². The van der Waals surface area contributed by atoms with Gasteiger partial charge in [0.25, 0.3) is 11.8 Å². The van der Waals surface area contributed by atoms with E-state index in [1.165, 1.54) is 27.6 Å². The Labute approximate surface area is 241 Å². The van der Waals surface area contributed by atoms with Crippen LogP contribution in [0.3, 0.4) is 0 Å². The molecule has 8 heteroatoms. The second kappa shape index (κ2) is 12.7. The number of hydrogen-bond acceptors (Lipinski definition) is 5. The van der Waals surface area contributed by atoms with Crippen LogP contribution in [0.15, 0.2) is 71.8 Å². The Morgan fingerprint density at radius 3 is 2.41 bits per heavy atom. The van der Waals surface area contributed by atoms with Gasteiger partial charge in [-0.1, -0.05) is 54.1 Å². The molecule has 2 aliphatic heterocycles. The quantitative estimate of drug-likeness (QED) is 0.396. The van der Waals surface area contributed by atoms with Crippen molar-refractivity contribution in [1.29, 1.82) is 0 Å². The zero-order valence-corrected chi connectivity index (χ0v) is 24.0. The Bertz CT molecular complexity index is 1430. The lowest BCUT2D eigenvalue weighted by Crippen LogP contribution is -2.46. The summed E-state index contributed by atoms with van der Waals surface area (Å²) in [5, 5.41) is 6.34. The first-order chi connectivity index (χ1) is 19.8. The summed E-state index contributed by atoms with van der Waals surface area (Å²) in [6, 6.07) is 19.9. The monoisotopic (exact) mass is 556 g/mol. The van der Waals surface area contributed by atoms with Gasteiger partial charge in [-0.15, -0.1) is 0 Å². The third-order valence-corrected chi connectivity index (χ3v) is 7.98. The van der Waals surface area contributed by atoms with Gasteiger partial charge in [-0.2, -0.15) is 5.10 Å². The van der Waals surface area contributed by atoms with E-state index in [0.717, 1.165) is 41.1 Å². The molecule has 41 heavy (non-hydrogen) atoms. The summed E-state index contributed by atoms with van der Waals surface area (Å²) in [6.45, 7) is 9.56. The second-order valence-corrected chi connectivity index (χ2v) is 10.9. The number of ether oxygens (including phenoxy) is 1. The summed E-state index contributed by atoms with van der Waals surface area (Å²) >= 11 is 0.